The summed E-state index contributed by atoms with van der Waals surface area (Å²) in [5, 5.41) is 11.2. The van der Waals surface area contributed by atoms with Crippen molar-refractivity contribution >= 4 is 5.91 Å². The highest BCUT2D eigenvalue weighted by molar-refractivity contribution is 5.94. The van der Waals surface area contributed by atoms with Gasteiger partial charge < -0.3 is 5.32 Å². The fourth-order valence-electron chi connectivity index (χ4n) is 2.97. The molecule has 1 N–H and O–H groups in total. The molecule has 1 amide bonds. The maximum absolute atomic E-state index is 13.4. The molecule has 4 aromatic heterocycles. The summed E-state index contributed by atoms with van der Waals surface area (Å²) in [4.78, 5) is 25.5. The van der Waals surface area contributed by atoms with Gasteiger partial charge >= 0.3 is 0 Å². The molecule has 0 aromatic carbocycles. The SMILES string of the molecule is C[C@H](NC(=O)c1cc(-c2cnn(C)c2)nc(-c2cnn(C)c2)n1)c1ccnc(F)c1. The van der Waals surface area contributed by atoms with Gasteiger partial charge in [0.1, 0.15) is 5.69 Å². The van der Waals surface area contributed by atoms with Crippen molar-refractivity contribution in [3.8, 4) is 22.6 Å². The van der Waals surface area contributed by atoms with Crippen LogP contribution in [0.25, 0.3) is 22.6 Å². The highest BCUT2D eigenvalue weighted by Crippen LogP contribution is 2.22. The summed E-state index contributed by atoms with van der Waals surface area (Å²) >= 11 is 0. The topological polar surface area (TPSA) is 103 Å². The van der Waals surface area contributed by atoms with E-state index in [1.165, 1.54) is 12.3 Å². The highest BCUT2D eigenvalue weighted by Gasteiger charge is 2.18. The predicted molar refractivity (Wildman–Crippen MR) is 107 cm³/mol. The van der Waals surface area contributed by atoms with Crippen LogP contribution in [0.1, 0.15) is 29.0 Å². The number of carbonyl (C=O) groups excluding carboxylic acids is 1. The highest BCUT2D eigenvalue weighted by atomic mass is 19.1. The van der Waals surface area contributed by atoms with Crippen molar-refractivity contribution in [1.82, 2.24) is 39.8 Å². The normalized spacial score (nSPS) is 12.0. The summed E-state index contributed by atoms with van der Waals surface area (Å²) in [6.45, 7) is 1.76. The van der Waals surface area contributed by atoms with Gasteiger partial charge in [-0.1, -0.05) is 0 Å². The zero-order valence-electron chi connectivity index (χ0n) is 16.6. The molecule has 10 heteroatoms. The van der Waals surface area contributed by atoms with Crippen LogP contribution in [0.4, 0.5) is 4.39 Å². The van der Waals surface area contributed by atoms with E-state index in [1.807, 2.05) is 0 Å². The number of amides is 1. The lowest BCUT2D eigenvalue weighted by molar-refractivity contribution is 0.0934. The van der Waals surface area contributed by atoms with Crippen LogP contribution in [-0.2, 0) is 14.1 Å². The Balaban J connectivity index is 1.69. The molecule has 4 aromatic rings. The number of hydrogen-bond donors (Lipinski definition) is 1. The Bertz CT molecular complexity index is 1160. The first-order valence-corrected chi connectivity index (χ1v) is 9.18. The molecule has 0 radical (unpaired) electrons. The van der Waals surface area contributed by atoms with Crippen LogP contribution in [-0.4, -0.2) is 40.4 Å². The van der Waals surface area contributed by atoms with Gasteiger partial charge in [0.05, 0.1) is 29.7 Å². The molecule has 4 rings (SSSR count). The van der Waals surface area contributed by atoms with E-state index in [9.17, 15) is 9.18 Å². The van der Waals surface area contributed by atoms with Gasteiger partial charge in [-0.2, -0.15) is 14.6 Å². The van der Waals surface area contributed by atoms with E-state index in [0.29, 0.717) is 22.6 Å². The van der Waals surface area contributed by atoms with E-state index >= 15 is 0 Å². The summed E-state index contributed by atoms with van der Waals surface area (Å²) in [6.07, 6.45) is 8.23. The van der Waals surface area contributed by atoms with E-state index in [-0.39, 0.29) is 5.69 Å². The minimum absolute atomic E-state index is 0.184. The minimum atomic E-state index is -0.603. The largest absolute Gasteiger partial charge is 0.344 e. The smallest absolute Gasteiger partial charge is 0.270 e. The molecule has 0 aliphatic carbocycles. The predicted octanol–water partition coefficient (Wildman–Crippen LogP) is 2.30. The van der Waals surface area contributed by atoms with Crippen LogP contribution in [0.15, 0.2) is 49.2 Å². The molecule has 0 unspecified atom stereocenters. The summed E-state index contributed by atoms with van der Waals surface area (Å²) in [6, 6.07) is 4.10. The molecule has 0 fully saturated rings. The maximum atomic E-state index is 13.4. The van der Waals surface area contributed by atoms with E-state index in [4.69, 9.17) is 0 Å². The fourth-order valence-corrected chi connectivity index (χ4v) is 2.97. The van der Waals surface area contributed by atoms with E-state index in [0.717, 1.165) is 5.56 Å². The van der Waals surface area contributed by atoms with E-state index in [1.54, 1.807) is 67.3 Å². The minimum Gasteiger partial charge on any atom is -0.344 e. The first-order chi connectivity index (χ1) is 14.4. The van der Waals surface area contributed by atoms with Crippen LogP contribution < -0.4 is 5.32 Å². The molecule has 152 valence electrons. The van der Waals surface area contributed by atoms with Crippen molar-refractivity contribution in [2.24, 2.45) is 14.1 Å². The Kier molecular flexibility index (Phi) is 5.05. The van der Waals surface area contributed by atoms with Crippen LogP contribution >= 0.6 is 0 Å². The third kappa shape index (κ3) is 4.07. The Labute approximate surface area is 171 Å². The Morgan fingerprint density at radius 3 is 2.40 bits per heavy atom. The number of carbonyl (C=O) groups is 1. The van der Waals surface area contributed by atoms with Gasteiger partial charge in [-0.15, -0.1) is 0 Å². The van der Waals surface area contributed by atoms with E-state index < -0.39 is 17.9 Å². The zero-order valence-corrected chi connectivity index (χ0v) is 16.6. The molecule has 9 nitrogen and oxygen atoms in total. The molecule has 0 spiro atoms. The van der Waals surface area contributed by atoms with Gasteiger partial charge in [0.25, 0.3) is 5.91 Å². The molecule has 1 atom stereocenters. The number of aromatic nitrogens is 7. The van der Waals surface area contributed by atoms with Gasteiger partial charge in [0, 0.05) is 38.2 Å². The van der Waals surface area contributed by atoms with Crippen molar-refractivity contribution in [3.63, 3.8) is 0 Å². The van der Waals surface area contributed by atoms with Gasteiger partial charge in [-0.05, 0) is 30.7 Å². The summed E-state index contributed by atoms with van der Waals surface area (Å²) in [7, 11) is 3.59. The standard InChI is InChI=1S/C20H19FN8O/c1-12(13-4-5-22-18(21)6-13)25-20(30)17-7-16(14-8-23-28(2)10-14)26-19(27-17)15-9-24-29(3)11-15/h4-12H,1-3H3,(H,25,30)/t12-/m0/s1. The van der Waals surface area contributed by atoms with Crippen molar-refractivity contribution in [3.05, 3.63) is 66.4 Å². The monoisotopic (exact) mass is 406 g/mol. The third-order valence-corrected chi connectivity index (χ3v) is 4.52. The number of hydrogen-bond acceptors (Lipinski definition) is 6. The quantitative estimate of drug-likeness (QED) is 0.510. The summed E-state index contributed by atoms with van der Waals surface area (Å²) in [5.41, 5.74) is 2.78. The number of rotatable bonds is 5. The van der Waals surface area contributed by atoms with Crippen LogP contribution in [0.5, 0.6) is 0 Å². The van der Waals surface area contributed by atoms with Crippen LogP contribution in [0.2, 0.25) is 0 Å². The van der Waals surface area contributed by atoms with Gasteiger partial charge in [-0.3, -0.25) is 14.2 Å². The lowest BCUT2D eigenvalue weighted by atomic mass is 10.1. The fraction of sp³-hybridized carbons (Fsp3) is 0.200. The number of nitrogens with one attached hydrogen (secondary N) is 1. The zero-order chi connectivity index (χ0) is 21.3. The second kappa shape index (κ2) is 7.82. The molecule has 30 heavy (non-hydrogen) atoms. The van der Waals surface area contributed by atoms with Crippen molar-refractivity contribution < 1.29 is 9.18 Å². The third-order valence-electron chi connectivity index (χ3n) is 4.52. The van der Waals surface area contributed by atoms with Crippen molar-refractivity contribution in [1.29, 1.82) is 0 Å². The average Bonchev–Trinajstić information content (AvgIpc) is 3.36. The van der Waals surface area contributed by atoms with Crippen LogP contribution in [0, 0.1) is 5.95 Å². The van der Waals surface area contributed by atoms with Crippen molar-refractivity contribution in [2.75, 3.05) is 0 Å². The Morgan fingerprint density at radius 2 is 1.77 bits per heavy atom. The molecule has 0 saturated heterocycles. The molecule has 4 heterocycles. The molecule has 0 aliphatic heterocycles. The number of aryl methyl sites for hydroxylation is 2. The van der Waals surface area contributed by atoms with Crippen LogP contribution in [0.3, 0.4) is 0 Å². The Hall–Kier alpha value is -3.95. The lowest BCUT2D eigenvalue weighted by Crippen LogP contribution is -2.28. The summed E-state index contributed by atoms with van der Waals surface area (Å²) < 4.78 is 16.7. The molecule has 0 saturated carbocycles. The Morgan fingerprint density at radius 1 is 1.07 bits per heavy atom. The van der Waals surface area contributed by atoms with E-state index in [2.05, 4.69) is 30.5 Å². The second-order valence-corrected chi connectivity index (χ2v) is 6.87. The second-order valence-electron chi connectivity index (χ2n) is 6.87. The lowest BCUT2D eigenvalue weighted by Gasteiger charge is -2.14. The number of pyridine rings is 1. The first kappa shape index (κ1) is 19.4. The molecule has 0 aliphatic rings. The molecule has 0 bridgehead atoms. The molecular formula is C20H19FN8O. The van der Waals surface area contributed by atoms with Gasteiger partial charge in [0.2, 0.25) is 5.95 Å². The number of halogens is 1. The molecular weight excluding hydrogens is 387 g/mol. The number of nitrogens with zero attached hydrogens (tertiary/aromatic N) is 7. The summed E-state index contributed by atoms with van der Waals surface area (Å²) in [5.74, 6) is -0.636. The maximum Gasteiger partial charge on any atom is 0.270 e. The average molecular weight is 406 g/mol. The van der Waals surface area contributed by atoms with Crippen molar-refractivity contribution in [2.45, 2.75) is 13.0 Å². The van der Waals surface area contributed by atoms with Gasteiger partial charge in [0.15, 0.2) is 5.82 Å². The van der Waals surface area contributed by atoms with Gasteiger partial charge in [-0.25, -0.2) is 15.0 Å². The first-order valence-electron chi connectivity index (χ1n) is 9.18.